The van der Waals surface area contributed by atoms with Crippen LogP contribution in [0, 0.1) is 0 Å². The van der Waals surface area contributed by atoms with Gasteiger partial charge in [0.1, 0.15) is 11.5 Å². The molecule has 0 bridgehead atoms. The Hall–Kier alpha value is -2.88. The van der Waals surface area contributed by atoms with Gasteiger partial charge in [-0.25, -0.2) is 13.4 Å². The van der Waals surface area contributed by atoms with Gasteiger partial charge in [0.05, 0.1) is 23.3 Å². The minimum Gasteiger partial charge on any atom is -0.497 e. The van der Waals surface area contributed by atoms with Crippen molar-refractivity contribution in [2.45, 2.75) is 37.1 Å². The van der Waals surface area contributed by atoms with E-state index in [9.17, 15) is 8.42 Å². The van der Waals surface area contributed by atoms with Crippen LogP contribution in [0.3, 0.4) is 0 Å². The number of methoxy groups -OCH3 is 1. The van der Waals surface area contributed by atoms with Gasteiger partial charge in [0.25, 0.3) is 0 Å². The van der Waals surface area contributed by atoms with Gasteiger partial charge in [-0.05, 0) is 61.7 Å². The number of piperidine rings is 1. The summed E-state index contributed by atoms with van der Waals surface area (Å²) in [4.78, 5) is 12.0. The number of rotatable bonds is 6. The lowest BCUT2D eigenvalue weighted by Crippen LogP contribution is -2.37. The molecule has 0 amide bonds. The van der Waals surface area contributed by atoms with Gasteiger partial charge in [-0.3, -0.25) is 0 Å². The molecule has 0 aliphatic carbocycles. The van der Waals surface area contributed by atoms with Crippen LogP contribution in [0.5, 0.6) is 17.4 Å². The van der Waals surface area contributed by atoms with E-state index in [-0.39, 0.29) is 11.4 Å². The number of anilines is 1. The largest absolute Gasteiger partial charge is 0.497 e. The van der Waals surface area contributed by atoms with Crippen molar-refractivity contribution in [2.24, 2.45) is 0 Å². The molecule has 5 rings (SSSR count). The first kappa shape index (κ1) is 23.8. The van der Waals surface area contributed by atoms with E-state index < -0.39 is 10.0 Å². The molecule has 0 radical (unpaired) electrons. The van der Waals surface area contributed by atoms with E-state index in [0.717, 1.165) is 37.4 Å². The Morgan fingerprint density at radius 3 is 2.40 bits per heavy atom. The average Bonchev–Trinajstić information content (AvgIpc) is 2.89. The van der Waals surface area contributed by atoms with Gasteiger partial charge in [-0.2, -0.15) is 9.29 Å². The van der Waals surface area contributed by atoms with Crippen LogP contribution in [0.15, 0.2) is 53.4 Å². The molecule has 10 heteroatoms. The van der Waals surface area contributed by atoms with Crippen LogP contribution in [0.4, 0.5) is 5.95 Å². The fourth-order valence-electron chi connectivity index (χ4n) is 4.40. The number of benzene rings is 2. The van der Waals surface area contributed by atoms with E-state index >= 15 is 0 Å². The minimum absolute atomic E-state index is 0.121. The first-order valence-corrected chi connectivity index (χ1v) is 13.5. The van der Waals surface area contributed by atoms with E-state index in [4.69, 9.17) is 31.0 Å². The maximum absolute atomic E-state index is 13.4. The quantitative estimate of drug-likeness (QED) is 0.472. The maximum atomic E-state index is 13.4. The highest BCUT2D eigenvalue weighted by atomic mass is 35.5. The summed E-state index contributed by atoms with van der Waals surface area (Å²) >= 11 is 6.06. The number of ether oxygens (including phenoxy) is 2. The van der Waals surface area contributed by atoms with Crippen LogP contribution in [0.2, 0.25) is 5.02 Å². The molecule has 0 saturated carbocycles. The average molecular weight is 515 g/mol. The first-order chi connectivity index (χ1) is 16.9. The third kappa shape index (κ3) is 5.07. The maximum Gasteiger partial charge on any atom is 0.243 e. The molecule has 2 aliphatic rings. The SMILES string of the molecule is COc1ccc(Oc2nc(N3CCCCC3)nc3c2CN(S(=O)(=O)c2cccc(Cl)c2)CC3)cc1. The molecule has 184 valence electrons. The Labute approximate surface area is 210 Å². The minimum atomic E-state index is -3.75. The van der Waals surface area contributed by atoms with Gasteiger partial charge in [-0.15, -0.1) is 0 Å². The highest BCUT2D eigenvalue weighted by molar-refractivity contribution is 7.89. The van der Waals surface area contributed by atoms with Crippen LogP contribution in [-0.2, 0) is 23.0 Å². The second kappa shape index (κ2) is 10.0. The van der Waals surface area contributed by atoms with Crippen molar-refractivity contribution in [3.05, 3.63) is 64.8 Å². The molecule has 0 spiro atoms. The molecular weight excluding hydrogens is 488 g/mol. The molecule has 35 heavy (non-hydrogen) atoms. The summed E-state index contributed by atoms with van der Waals surface area (Å²) < 4.78 is 39.6. The lowest BCUT2D eigenvalue weighted by atomic mass is 10.1. The van der Waals surface area contributed by atoms with Gasteiger partial charge in [0.15, 0.2) is 0 Å². The third-order valence-corrected chi connectivity index (χ3v) is 8.40. The number of hydrogen-bond donors (Lipinski definition) is 0. The number of fused-ring (bicyclic) bond motifs is 1. The van der Waals surface area contributed by atoms with E-state index in [2.05, 4.69) is 4.90 Å². The summed E-state index contributed by atoms with van der Waals surface area (Å²) in [6, 6.07) is 13.5. The number of hydrogen-bond acceptors (Lipinski definition) is 7. The number of aromatic nitrogens is 2. The predicted molar refractivity (Wildman–Crippen MR) is 134 cm³/mol. The monoisotopic (exact) mass is 514 g/mol. The lowest BCUT2D eigenvalue weighted by molar-refractivity contribution is 0.368. The summed E-state index contributed by atoms with van der Waals surface area (Å²) in [5, 5.41) is 0.376. The second-order valence-corrected chi connectivity index (χ2v) is 11.0. The van der Waals surface area contributed by atoms with Crippen molar-refractivity contribution >= 4 is 27.6 Å². The number of halogens is 1. The van der Waals surface area contributed by atoms with Crippen LogP contribution in [0.25, 0.3) is 0 Å². The first-order valence-electron chi connectivity index (χ1n) is 11.7. The van der Waals surface area contributed by atoms with Crippen molar-refractivity contribution < 1.29 is 17.9 Å². The van der Waals surface area contributed by atoms with Gasteiger partial charge in [-0.1, -0.05) is 17.7 Å². The Morgan fingerprint density at radius 1 is 0.943 bits per heavy atom. The molecule has 2 aromatic carbocycles. The van der Waals surface area contributed by atoms with E-state index in [1.165, 1.54) is 16.8 Å². The van der Waals surface area contributed by atoms with Gasteiger partial charge in [0, 0.05) is 37.6 Å². The molecule has 1 aromatic heterocycles. The van der Waals surface area contributed by atoms with Crippen LogP contribution < -0.4 is 14.4 Å². The summed E-state index contributed by atoms with van der Waals surface area (Å²) in [6.45, 7) is 2.24. The third-order valence-electron chi connectivity index (χ3n) is 6.32. The zero-order valence-corrected chi connectivity index (χ0v) is 21.1. The Morgan fingerprint density at radius 2 is 1.69 bits per heavy atom. The van der Waals surface area contributed by atoms with E-state index in [1.54, 1.807) is 37.4 Å². The normalized spacial score (nSPS) is 16.6. The van der Waals surface area contributed by atoms with E-state index in [0.29, 0.717) is 41.1 Å². The summed E-state index contributed by atoms with van der Waals surface area (Å²) in [5.41, 5.74) is 1.50. The standard InChI is InChI=1S/C25H27ClN4O4S/c1-33-19-8-10-20(11-9-19)34-24-22-17-30(35(31,32)21-7-5-6-18(26)16-21)15-12-23(22)27-25(28-24)29-13-3-2-4-14-29/h5-11,16H,2-4,12-15,17H2,1H3. The predicted octanol–water partition coefficient (Wildman–Crippen LogP) is 4.67. The van der Waals surface area contributed by atoms with Crippen molar-refractivity contribution in [3.63, 3.8) is 0 Å². The Bertz CT molecular complexity index is 1310. The molecule has 0 atom stereocenters. The molecule has 1 fully saturated rings. The van der Waals surface area contributed by atoms with Gasteiger partial charge < -0.3 is 14.4 Å². The molecule has 3 heterocycles. The summed E-state index contributed by atoms with van der Waals surface area (Å²) in [6.07, 6.45) is 3.87. The zero-order valence-electron chi connectivity index (χ0n) is 19.5. The fraction of sp³-hybridized carbons (Fsp3) is 0.360. The smallest absolute Gasteiger partial charge is 0.243 e. The van der Waals surface area contributed by atoms with Crippen molar-refractivity contribution in [2.75, 3.05) is 31.6 Å². The van der Waals surface area contributed by atoms with Crippen molar-refractivity contribution in [1.82, 2.24) is 14.3 Å². The van der Waals surface area contributed by atoms with E-state index in [1.807, 2.05) is 12.1 Å². The molecule has 0 N–H and O–H groups in total. The zero-order chi connectivity index (χ0) is 24.4. The highest BCUT2D eigenvalue weighted by Crippen LogP contribution is 2.34. The van der Waals surface area contributed by atoms with Gasteiger partial charge >= 0.3 is 0 Å². The summed E-state index contributed by atoms with van der Waals surface area (Å²) in [5.74, 6) is 2.32. The highest BCUT2D eigenvalue weighted by Gasteiger charge is 2.32. The molecular formula is C25H27ClN4O4S. The molecule has 1 saturated heterocycles. The Kier molecular flexibility index (Phi) is 6.82. The molecule has 0 unspecified atom stereocenters. The fourth-order valence-corrected chi connectivity index (χ4v) is 6.11. The summed E-state index contributed by atoms with van der Waals surface area (Å²) in [7, 11) is -2.14. The molecule has 3 aromatic rings. The van der Waals surface area contributed by atoms with Crippen LogP contribution in [-0.4, -0.2) is 49.4 Å². The van der Waals surface area contributed by atoms with Gasteiger partial charge in [0.2, 0.25) is 21.9 Å². The number of sulfonamides is 1. The Balaban J connectivity index is 1.51. The lowest BCUT2D eigenvalue weighted by Gasteiger charge is -2.31. The molecule has 8 nitrogen and oxygen atoms in total. The molecule has 2 aliphatic heterocycles. The topological polar surface area (TPSA) is 84.9 Å². The van der Waals surface area contributed by atoms with Crippen LogP contribution in [0.1, 0.15) is 30.5 Å². The van der Waals surface area contributed by atoms with Crippen LogP contribution >= 0.6 is 11.6 Å². The second-order valence-electron chi connectivity index (χ2n) is 8.63. The number of nitrogens with zero attached hydrogens (tertiary/aromatic N) is 4. The van der Waals surface area contributed by atoms with Crippen molar-refractivity contribution in [3.8, 4) is 17.4 Å². The van der Waals surface area contributed by atoms with Crippen molar-refractivity contribution in [1.29, 1.82) is 0 Å².